The second kappa shape index (κ2) is 3.15. The van der Waals surface area contributed by atoms with Crippen LogP contribution in [0.5, 0.6) is 0 Å². The maximum atomic E-state index is 11.1. The molecule has 2 heterocycles. The highest BCUT2D eigenvalue weighted by Crippen LogP contribution is 2.41. The Morgan fingerprint density at radius 3 is 2.67 bits per heavy atom. The number of fused-ring (bicyclic) bond motifs is 1. The quantitative estimate of drug-likeness (QED) is 0.701. The van der Waals surface area contributed by atoms with Crippen molar-refractivity contribution in [2.24, 2.45) is 0 Å². The zero-order valence-corrected chi connectivity index (χ0v) is 8.85. The van der Waals surface area contributed by atoms with Gasteiger partial charge in [0.25, 0.3) is 5.79 Å². The van der Waals surface area contributed by atoms with Gasteiger partial charge in [0.2, 0.25) is 0 Å². The summed E-state index contributed by atoms with van der Waals surface area (Å²) in [5.74, 6) is -3.73. The van der Waals surface area contributed by atoms with Crippen LogP contribution in [-0.2, 0) is 23.7 Å². The van der Waals surface area contributed by atoms with Crippen molar-refractivity contribution in [1.82, 2.24) is 0 Å². The Kier molecular flexibility index (Phi) is 2.27. The number of aliphatic carboxylic acids is 1. The zero-order valence-electron chi connectivity index (χ0n) is 8.85. The minimum atomic E-state index is -1.74. The first-order valence-electron chi connectivity index (χ1n) is 4.69. The van der Waals surface area contributed by atoms with Crippen molar-refractivity contribution in [3.8, 4) is 0 Å². The van der Waals surface area contributed by atoms with Gasteiger partial charge in [-0.25, -0.2) is 4.79 Å². The Morgan fingerprint density at radius 1 is 1.47 bits per heavy atom. The first-order valence-corrected chi connectivity index (χ1v) is 4.69. The molecule has 0 bridgehead atoms. The van der Waals surface area contributed by atoms with Gasteiger partial charge in [-0.2, -0.15) is 0 Å². The fourth-order valence-electron chi connectivity index (χ4n) is 2.01. The molecule has 0 aliphatic carbocycles. The Labute approximate surface area is 87.1 Å². The monoisotopic (exact) mass is 218 g/mol. The molecule has 1 N–H and O–H groups in total. The van der Waals surface area contributed by atoms with Crippen molar-refractivity contribution in [1.29, 1.82) is 0 Å². The van der Waals surface area contributed by atoms with Gasteiger partial charge in [-0.1, -0.05) is 0 Å². The van der Waals surface area contributed by atoms with Gasteiger partial charge in [-0.3, -0.25) is 0 Å². The highest BCUT2D eigenvalue weighted by atomic mass is 16.8. The van der Waals surface area contributed by atoms with E-state index < -0.39 is 29.8 Å². The van der Waals surface area contributed by atoms with Crippen LogP contribution in [0.25, 0.3) is 0 Å². The Bertz CT molecular complexity index is 288. The fourth-order valence-corrected chi connectivity index (χ4v) is 2.01. The molecule has 0 aromatic heterocycles. The molecule has 0 spiro atoms. The number of carbonyl (C=O) groups is 1. The smallest absolute Gasteiger partial charge is 0.367 e. The molecule has 6 nitrogen and oxygen atoms in total. The van der Waals surface area contributed by atoms with E-state index in [4.69, 9.17) is 24.1 Å². The first kappa shape index (κ1) is 10.8. The molecule has 2 aliphatic rings. The summed E-state index contributed by atoms with van der Waals surface area (Å²) in [4.78, 5) is 11.1. The van der Waals surface area contributed by atoms with Crippen LogP contribution in [0.2, 0.25) is 0 Å². The average molecular weight is 218 g/mol. The van der Waals surface area contributed by atoms with E-state index in [0.29, 0.717) is 0 Å². The number of carboxylic acids is 1. The molecule has 15 heavy (non-hydrogen) atoms. The van der Waals surface area contributed by atoms with Crippen molar-refractivity contribution in [3.05, 3.63) is 0 Å². The van der Waals surface area contributed by atoms with Crippen LogP contribution in [0.1, 0.15) is 13.8 Å². The van der Waals surface area contributed by atoms with E-state index in [-0.39, 0.29) is 6.61 Å². The molecule has 86 valence electrons. The molecule has 2 aliphatic heterocycles. The number of rotatable bonds is 2. The Balaban J connectivity index is 2.27. The Morgan fingerprint density at radius 2 is 2.13 bits per heavy atom. The summed E-state index contributed by atoms with van der Waals surface area (Å²) in [6, 6.07) is 0. The van der Waals surface area contributed by atoms with E-state index in [0.717, 1.165) is 0 Å². The molecule has 2 rings (SSSR count). The van der Waals surface area contributed by atoms with Gasteiger partial charge in [0, 0.05) is 7.11 Å². The molecule has 0 amide bonds. The van der Waals surface area contributed by atoms with Gasteiger partial charge in [-0.15, -0.1) is 0 Å². The molecule has 2 fully saturated rings. The van der Waals surface area contributed by atoms with Crippen molar-refractivity contribution < 1.29 is 28.8 Å². The molecular formula is C9H14O6. The van der Waals surface area contributed by atoms with E-state index in [1.165, 1.54) is 7.11 Å². The second-order valence-electron chi connectivity index (χ2n) is 4.08. The fraction of sp³-hybridized carbons (Fsp3) is 0.889. The van der Waals surface area contributed by atoms with E-state index in [1.807, 2.05) is 0 Å². The normalized spacial score (nSPS) is 42.9. The lowest BCUT2D eigenvalue weighted by Crippen LogP contribution is -2.51. The van der Waals surface area contributed by atoms with Crippen molar-refractivity contribution in [3.63, 3.8) is 0 Å². The molecule has 2 saturated heterocycles. The van der Waals surface area contributed by atoms with Crippen LogP contribution in [0.4, 0.5) is 0 Å². The highest BCUT2D eigenvalue weighted by molar-refractivity contribution is 5.77. The van der Waals surface area contributed by atoms with Crippen LogP contribution in [-0.4, -0.2) is 48.6 Å². The van der Waals surface area contributed by atoms with Crippen LogP contribution in [0, 0.1) is 0 Å². The molecule has 3 atom stereocenters. The molecule has 0 aromatic rings. The lowest BCUT2D eigenvalue weighted by Gasteiger charge is -2.28. The SMILES string of the molecule is COC1(C(=O)O)OC[C@H]2OC(C)(C)OC21. The highest BCUT2D eigenvalue weighted by Gasteiger charge is 2.63. The topological polar surface area (TPSA) is 74.2 Å². The van der Waals surface area contributed by atoms with E-state index in [9.17, 15) is 4.79 Å². The van der Waals surface area contributed by atoms with Crippen LogP contribution < -0.4 is 0 Å². The summed E-state index contributed by atoms with van der Waals surface area (Å²) < 4.78 is 21.1. The van der Waals surface area contributed by atoms with Crippen LogP contribution in [0.15, 0.2) is 0 Å². The lowest BCUT2D eigenvalue weighted by molar-refractivity contribution is -0.268. The van der Waals surface area contributed by atoms with Crippen molar-refractivity contribution in [2.75, 3.05) is 13.7 Å². The number of hydrogen-bond acceptors (Lipinski definition) is 5. The van der Waals surface area contributed by atoms with Gasteiger partial charge >= 0.3 is 5.97 Å². The van der Waals surface area contributed by atoms with E-state index in [1.54, 1.807) is 13.8 Å². The largest absolute Gasteiger partial charge is 0.477 e. The van der Waals surface area contributed by atoms with Gasteiger partial charge < -0.3 is 24.1 Å². The lowest BCUT2D eigenvalue weighted by atomic mass is 10.1. The summed E-state index contributed by atoms with van der Waals surface area (Å²) in [6.45, 7) is 3.62. The summed E-state index contributed by atoms with van der Waals surface area (Å²) >= 11 is 0. The number of methoxy groups -OCH3 is 1. The van der Waals surface area contributed by atoms with Gasteiger partial charge in [0.15, 0.2) is 11.9 Å². The second-order valence-corrected chi connectivity index (χ2v) is 4.08. The van der Waals surface area contributed by atoms with Crippen LogP contribution >= 0.6 is 0 Å². The summed E-state index contributed by atoms with van der Waals surface area (Å²) in [6.07, 6.45) is -1.12. The molecule has 2 unspecified atom stereocenters. The molecular weight excluding hydrogens is 204 g/mol. The maximum Gasteiger partial charge on any atom is 0.367 e. The number of ether oxygens (including phenoxy) is 4. The predicted molar refractivity (Wildman–Crippen MR) is 47.2 cm³/mol. The minimum absolute atomic E-state index is 0.161. The third-order valence-corrected chi connectivity index (χ3v) is 2.62. The third kappa shape index (κ3) is 1.45. The molecule has 0 saturated carbocycles. The van der Waals surface area contributed by atoms with Gasteiger partial charge in [-0.05, 0) is 13.8 Å². The van der Waals surface area contributed by atoms with Crippen molar-refractivity contribution in [2.45, 2.75) is 37.6 Å². The summed E-state index contributed by atoms with van der Waals surface area (Å²) in [7, 11) is 1.28. The van der Waals surface area contributed by atoms with Crippen LogP contribution in [0.3, 0.4) is 0 Å². The van der Waals surface area contributed by atoms with Crippen molar-refractivity contribution >= 4 is 5.97 Å². The number of carboxylic acid groups (broad SMARTS) is 1. The zero-order chi connectivity index (χ0) is 11.3. The standard InChI is InChI=1S/C9H14O6/c1-8(2)14-5-4-13-9(12-3,7(10)11)6(5)15-8/h5-6H,4H2,1-3H3,(H,10,11)/t5-,6?,9?/m1/s1. The molecule has 6 heteroatoms. The first-order chi connectivity index (χ1) is 6.91. The Hall–Kier alpha value is -0.690. The third-order valence-electron chi connectivity index (χ3n) is 2.62. The van der Waals surface area contributed by atoms with E-state index in [2.05, 4.69) is 0 Å². The summed E-state index contributed by atoms with van der Waals surface area (Å²) in [5, 5.41) is 9.10. The predicted octanol–water partition coefficient (Wildman–Crippen LogP) is -0.0360. The van der Waals surface area contributed by atoms with Gasteiger partial charge in [0.1, 0.15) is 6.10 Å². The maximum absolute atomic E-state index is 11.1. The number of hydrogen-bond donors (Lipinski definition) is 1. The van der Waals surface area contributed by atoms with Gasteiger partial charge in [0.05, 0.1) is 6.61 Å². The molecule has 0 aromatic carbocycles. The van der Waals surface area contributed by atoms with E-state index >= 15 is 0 Å². The minimum Gasteiger partial charge on any atom is -0.477 e. The average Bonchev–Trinajstić information content (AvgIpc) is 2.58. The molecule has 0 radical (unpaired) electrons. The summed E-state index contributed by atoms with van der Waals surface area (Å²) in [5.41, 5.74) is 0.